The number of hydrogen-bond acceptors (Lipinski definition) is 4. The Balaban J connectivity index is 1.86. The van der Waals surface area contributed by atoms with Gasteiger partial charge in [-0.25, -0.2) is 0 Å². The molecule has 0 bridgehead atoms. The van der Waals surface area contributed by atoms with Crippen LogP contribution in [0.4, 0.5) is 0 Å². The molecule has 0 aliphatic heterocycles. The van der Waals surface area contributed by atoms with Crippen LogP contribution in [0.15, 0.2) is 23.0 Å². The van der Waals surface area contributed by atoms with E-state index in [1.54, 1.807) is 6.20 Å². The third-order valence-corrected chi connectivity index (χ3v) is 2.44. The summed E-state index contributed by atoms with van der Waals surface area (Å²) in [7, 11) is 1.94. The van der Waals surface area contributed by atoms with Gasteiger partial charge in [0.25, 0.3) is 0 Å². The highest BCUT2D eigenvalue weighted by molar-refractivity contribution is 5.15. The van der Waals surface area contributed by atoms with Crippen molar-refractivity contribution in [3.8, 4) is 0 Å². The Bertz CT molecular complexity index is 419. The van der Waals surface area contributed by atoms with Crippen LogP contribution in [0.3, 0.4) is 0 Å². The lowest BCUT2D eigenvalue weighted by Gasteiger charge is -2.01. The molecular weight excluding hydrogens is 192 g/mol. The van der Waals surface area contributed by atoms with E-state index in [1.165, 1.54) is 11.3 Å². The fraction of sp³-hybridized carbons (Fsp3) is 0.400. The molecule has 0 amide bonds. The molecule has 0 fully saturated rings. The number of nitrogens with one attached hydrogen (secondary N) is 1. The molecule has 2 aromatic rings. The second kappa shape index (κ2) is 4.27. The summed E-state index contributed by atoms with van der Waals surface area (Å²) in [5, 5.41) is 11.1. The van der Waals surface area contributed by atoms with Crippen LogP contribution in [0, 0.1) is 6.92 Å². The number of hydrogen-bond donors (Lipinski definition) is 1. The normalized spacial score (nSPS) is 10.8. The molecule has 1 N–H and O–H groups in total. The van der Waals surface area contributed by atoms with Crippen molar-refractivity contribution < 1.29 is 4.52 Å². The summed E-state index contributed by atoms with van der Waals surface area (Å²) in [6.07, 6.45) is 3.52. The van der Waals surface area contributed by atoms with Gasteiger partial charge in [0, 0.05) is 30.9 Å². The molecule has 0 aliphatic rings. The minimum absolute atomic E-state index is 0.689. The molecule has 15 heavy (non-hydrogen) atoms. The van der Waals surface area contributed by atoms with Gasteiger partial charge < -0.3 is 9.84 Å². The van der Waals surface area contributed by atoms with Crippen molar-refractivity contribution in [2.75, 3.05) is 0 Å². The van der Waals surface area contributed by atoms with E-state index in [9.17, 15) is 0 Å². The Labute approximate surface area is 88.1 Å². The Morgan fingerprint density at radius 2 is 2.33 bits per heavy atom. The molecule has 0 radical (unpaired) electrons. The van der Waals surface area contributed by atoms with Crippen LogP contribution < -0.4 is 5.32 Å². The standard InChI is InChI=1S/C10H14N4O/c1-8-9(6-12-14(8)2)5-11-7-10-3-4-13-15-10/h3-4,6,11H,5,7H2,1-2H3. The first-order chi connectivity index (χ1) is 7.27. The molecule has 0 unspecified atom stereocenters. The van der Waals surface area contributed by atoms with Crippen molar-refractivity contribution in [2.24, 2.45) is 7.05 Å². The van der Waals surface area contributed by atoms with E-state index in [-0.39, 0.29) is 0 Å². The monoisotopic (exact) mass is 206 g/mol. The largest absolute Gasteiger partial charge is 0.360 e. The highest BCUT2D eigenvalue weighted by atomic mass is 16.5. The first-order valence-corrected chi connectivity index (χ1v) is 4.85. The van der Waals surface area contributed by atoms with E-state index in [2.05, 4.69) is 22.5 Å². The quantitative estimate of drug-likeness (QED) is 0.811. The van der Waals surface area contributed by atoms with Crippen LogP contribution in [0.1, 0.15) is 17.0 Å². The van der Waals surface area contributed by atoms with Gasteiger partial charge in [-0.3, -0.25) is 4.68 Å². The van der Waals surface area contributed by atoms with E-state index in [0.29, 0.717) is 6.54 Å². The van der Waals surface area contributed by atoms with Crippen LogP contribution >= 0.6 is 0 Å². The SMILES string of the molecule is Cc1c(CNCc2ccno2)cnn1C. The number of nitrogens with zero attached hydrogens (tertiary/aromatic N) is 3. The molecule has 5 nitrogen and oxygen atoms in total. The second-order valence-corrected chi connectivity index (χ2v) is 3.46. The molecule has 0 spiro atoms. The fourth-order valence-electron chi connectivity index (χ4n) is 1.37. The first-order valence-electron chi connectivity index (χ1n) is 4.85. The van der Waals surface area contributed by atoms with Gasteiger partial charge in [-0.05, 0) is 6.92 Å². The van der Waals surface area contributed by atoms with Crippen LogP contribution in [0.25, 0.3) is 0 Å². The molecule has 5 heteroatoms. The van der Waals surface area contributed by atoms with Crippen LogP contribution in [0.5, 0.6) is 0 Å². The molecule has 0 aromatic carbocycles. The highest BCUT2D eigenvalue weighted by Gasteiger charge is 2.03. The van der Waals surface area contributed by atoms with Gasteiger partial charge >= 0.3 is 0 Å². The molecule has 0 aliphatic carbocycles. The topological polar surface area (TPSA) is 55.9 Å². The lowest BCUT2D eigenvalue weighted by molar-refractivity contribution is 0.372. The molecule has 0 saturated heterocycles. The third kappa shape index (κ3) is 2.24. The van der Waals surface area contributed by atoms with E-state index >= 15 is 0 Å². The minimum atomic E-state index is 0.689. The summed E-state index contributed by atoms with van der Waals surface area (Å²) >= 11 is 0. The molecule has 2 heterocycles. The van der Waals surface area contributed by atoms with Gasteiger partial charge in [0.2, 0.25) is 0 Å². The second-order valence-electron chi connectivity index (χ2n) is 3.46. The van der Waals surface area contributed by atoms with E-state index in [4.69, 9.17) is 4.52 Å². The molecule has 0 atom stereocenters. The van der Waals surface area contributed by atoms with E-state index in [1.807, 2.05) is 24.0 Å². The van der Waals surface area contributed by atoms with Crippen molar-refractivity contribution >= 4 is 0 Å². The Morgan fingerprint density at radius 1 is 1.47 bits per heavy atom. The number of aromatic nitrogens is 3. The zero-order valence-corrected chi connectivity index (χ0v) is 8.90. The summed E-state index contributed by atoms with van der Waals surface area (Å²) in [5.74, 6) is 0.844. The zero-order valence-electron chi connectivity index (χ0n) is 8.90. The third-order valence-electron chi connectivity index (χ3n) is 2.44. The number of rotatable bonds is 4. The van der Waals surface area contributed by atoms with Gasteiger partial charge in [0.1, 0.15) is 5.76 Å². The molecule has 2 aromatic heterocycles. The zero-order chi connectivity index (χ0) is 10.7. The average Bonchev–Trinajstić information content (AvgIpc) is 2.83. The van der Waals surface area contributed by atoms with Gasteiger partial charge in [-0.2, -0.15) is 5.10 Å². The molecule has 2 rings (SSSR count). The maximum Gasteiger partial charge on any atom is 0.150 e. The maximum absolute atomic E-state index is 4.97. The summed E-state index contributed by atoms with van der Waals surface area (Å²) in [4.78, 5) is 0. The molecular formula is C10H14N4O. The maximum atomic E-state index is 4.97. The summed E-state index contributed by atoms with van der Waals surface area (Å²) in [6, 6.07) is 1.85. The van der Waals surface area contributed by atoms with Crippen molar-refractivity contribution in [1.82, 2.24) is 20.3 Å². The highest BCUT2D eigenvalue weighted by Crippen LogP contribution is 2.05. The predicted molar refractivity (Wildman–Crippen MR) is 55.0 cm³/mol. The van der Waals surface area contributed by atoms with Gasteiger partial charge in [0.15, 0.2) is 0 Å². The lowest BCUT2D eigenvalue weighted by Crippen LogP contribution is -2.12. The minimum Gasteiger partial charge on any atom is -0.360 e. The number of aryl methyl sites for hydroxylation is 1. The molecule has 80 valence electrons. The van der Waals surface area contributed by atoms with E-state index in [0.717, 1.165) is 12.3 Å². The average molecular weight is 206 g/mol. The smallest absolute Gasteiger partial charge is 0.150 e. The Morgan fingerprint density at radius 3 is 2.93 bits per heavy atom. The van der Waals surface area contributed by atoms with E-state index < -0.39 is 0 Å². The predicted octanol–water partition coefficient (Wildman–Crippen LogP) is 1.01. The fourth-order valence-corrected chi connectivity index (χ4v) is 1.37. The van der Waals surface area contributed by atoms with Crippen molar-refractivity contribution in [3.63, 3.8) is 0 Å². The van der Waals surface area contributed by atoms with Crippen molar-refractivity contribution in [3.05, 3.63) is 35.5 Å². The van der Waals surface area contributed by atoms with Crippen molar-refractivity contribution in [2.45, 2.75) is 20.0 Å². The van der Waals surface area contributed by atoms with Crippen LogP contribution in [-0.2, 0) is 20.1 Å². The lowest BCUT2D eigenvalue weighted by atomic mass is 10.2. The Kier molecular flexibility index (Phi) is 2.82. The Hall–Kier alpha value is -1.62. The summed E-state index contributed by atoms with van der Waals surface area (Å²) < 4.78 is 6.84. The van der Waals surface area contributed by atoms with Crippen LogP contribution in [0.2, 0.25) is 0 Å². The van der Waals surface area contributed by atoms with Gasteiger partial charge in [-0.1, -0.05) is 5.16 Å². The van der Waals surface area contributed by atoms with Gasteiger partial charge in [0.05, 0.1) is 18.9 Å². The molecule has 0 saturated carbocycles. The summed E-state index contributed by atoms with van der Waals surface area (Å²) in [5.41, 5.74) is 2.39. The van der Waals surface area contributed by atoms with Crippen LogP contribution in [-0.4, -0.2) is 14.9 Å². The van der Waals surface area contributed by atoms with Gasteiger partial charge in [-0.15, -0.1) is 0 Å². The first kappa shape index (κ1) is 9.92. The van der Waals surface area contributed by atoms with Crippen molar-refractivity contribution in [1.29, 1.82) is 0 Å². The summed E-state index contributed by atoms with van der Waals surface area (Å²) in [6.45, 7) is 3.53.